The highest BCUT2D eigenvalue weighted by molar-refractivity contribution is 4.82. The van der Waals surface area contributed by atoms with Crippen LogP contribution < -0.4 is 5.32 Å². The lowest BCUT2D eigenvalue weighted by Crippen LogP contribution is -2.35. The summed E-state index contributed by atoms with van der Waals surface area (Å²) in [5.74, 6) is 0.600. The van der Waals surface area contributed by atoms with Crippen molar-refractivity contribution in [2.45, 2.75) is 6.04 Å². The number of nitrogens with one attached hydrogen (secondary N) is 1. The second-order valence-electron chi connectivity index (χ2n) is 2.93. The molecule has 2 rings (SSSR count). The molecule has 2 unspecified atom stereocenters. The minimum atomic E-state index is 0.558. The van der Waals surface area contributed by atoms with Gasteiger partial charge in [0, 0.05) is 18.5 Å². The summed E-state index contributed by atoms with van der Waals surface area (Å²) >= 11 is 0. The monoisotopic (exact) mass is 143 g/mol. The average Bonchev–Trinajstić information content (AvgIpc) is 2.28. The van der Waals surface area contributed by atoms with E-state index in [0.717, 1.165) is 33.0 Å². The summed E-state index contributed by atoms with van der Waals surface area (Å²) < 4.78 is 10.7. The number of ether oxygens (including phenoxy) is 2. The Morgan fingerprint density at radius 1 is 1.10 bits per heavy atom. The van der Waals surface area contributed by atoms with Gasteiger partial charge in [-0.15, -0.1) is 0 Å². The lowest BCUT2D eigenvalue weighted by Gasteiger charge is -2.12. The van der Waals surface area contributed by atoms with Crippen LogP contribution >= 0.6 is 0 Å². The minimum Gasteiger partial charge on any atom is -0.380 e. The van der Waals surface area contributed by atoms with Crippen molar-refractivity contribution >= 4 is 0 Å². The molecule has 2 fully saturated rings. The average molecular weight is 143 g/mol. The predicted molar refractivity (Wildman–Crippen MR) is 36.9 cm³/mol. The molecule has 0 amide bonds. The zero-order valence-corrected chi connectivity index (χ0v) is 6.01. The first-order valence-electron chi connectivity index (χ1n) is 3.86. The Hall–Kier alpha value is -0.120. The molecule has 0 saturated carbocycles. The van der Waals surface area contributed by atoms with Crippen LogP contribution in [0.1, 0.15) is 0 Å². The SMILES string of the molecule is C1COCC2COCC2N1. The van der Waals surface area contributed by atoms with Crippen molar-refractivity contribution in [1.82, 2.24) is 5.32 Å². The highest BCUT2D eigenvalue weighted by Gasteiger charge is 2.29. The molecule has 1 N–H and O–H groups in total. The molecule has 3 heteroatoms. The Morgan fingerprint density at radius 2 is 2.00 bits per heavy atom. The van der Waals surface area contributed by atoms with Gasteiger partial charge in [0.25, 0.3) is 0 Å². The summed E-state index contributed by atoms with van der Waals surface area (Å²) in [6, 6.07) is 0.558. The van der Waals surface area contributed by atoms with Crippen LogP contribution in [0.5, 0.6) is 0 Å². The maximum atomic E-state index is 5.37. The summed E-state index contributed by atoms with van der Waals surface area (Å²) in [5, 5.41) is 3.39. The van der Waals surface area contributed by atoms with E-state index < -0.39 is 0 Å². The third kappa shape index (κ3) is 1.17. The summed E-state index contributed by atoms with van der Waals surface area (Å²) in [4.78, 5) is 0. The van der Waals surface area contributed by atoms with Gasteiger partial charge in [-0.05, 0) is 0 Å². The van der Waals surface area contributed by atoms with E-state index in [4.69, 9.17) is 9.47 Å². The largest absolute Gasteiger partial charge is 0.380 e. The number of hydrogen-bond donors (Lipinski definition) is 1. The fraction of sp³-hybridized carbons (Fsp3) is 1.00. The van der Waals surface area contributed by atoms with Crippen LogP contribution in [0.15, 0.2) is 0 Å². The maximum Gasteiger partial charge on any atom is 0.0624 e. The highest BCUT2D eigenvalue weighted by Crippen LogP contribution is 2.15. The molecule has 0 bridgehead atoms. The number of hydrogen-bond acceptors (Lipinski definition) is 3. The van der Waals surface area contributed by atoms with Crippen molar-refractivity contribution in [3.8, 4) is 0 Å². The zero-order valence-electron chi connectivity index (χ0n) is 6.01. The fourth-order valence-electron chi connectivity index (χ4n) is 1.54. The van der Waals surface area contributed by atoms with Gasteiger partial charge in [-0.2, -0.15) is 0 Å². The molecule has 0 aliphatic carbocycles. The van der Waals surface area contributed by atoms with E-state index in [9.17, 15) is 0 Å². The molecule has 2 aliphatic rings. The van der Waals surface area contributed by atoms with Crippen molar-refractivity contribution in [3.63, 3.8) is 0 Å². The summed E-state index contributed by atoms with van der Waals surface area (Å²) in [5.41, 5.74) is 0. The van der Waals surface area contributed by atoms with E-state index in [0.29, 0.717) is 12.0 Å². The lowest BCUT2D eigenvalue weighted by atomic mass is 10.1. The molecule has 2 saturated heterocycles. The minimum absolute atomic E-state index is 0.558. The lowest BCUT2D eigenvalue weighted by molar-refractivity contribution is 0.102. The molecule has 3 nitrogen and oxygen atoms in total. The van der Waals surface area contributed by atoms with E-state index in [1.165, 1.54) is 0 Å². The van der Waals surface area contributed by atoms with Gasteiger partial charge in [-0.3, -0.25) is 0 Å². The van der Waals surface area contributed by atoms with Gasteiger partial charge < -0.3 is 14.8 Å². The Labute approximate surface area is 60.7 Å². The van der Waals surface area contributed by atoms with Gasteiger partial charge in [0.15, 0.2) is 0 Å². The molecular weight excluding hydrogens is 130 g/mol. The van der Waals surface area contributed by atoms with Crippen LogP contribution in [-0.2, 0) is 9.47 Å². The summed E-state index contributed by atoms with van der Waals surface area (Å²) in [6.07, 6.45) is 0. The van der Waals surface area contributed by atoms with Gasteiger partial charge in [0.1, 0.15) is 0 Å². The van der Waals surface area contributed by atoms with Gasteiger partial charge in [-0.25, -0.2) is 0 Å². The third-order valence-electron chi connectivity index (χ3n) is 2.18. The second-order valence-corrected chi connectivity index (χ2v) is 2.93. The van der Waals surface area contributed by atoms with Crippen LogP contribution in [0.3, 0.4) is 0 Å². The van der Waals surface area contributed by atoms with Crippen LogP contribution in [0, 0.1) is 5.92 Å². The maximum absolute atomic E-state index is 5.37. The molecule has 58 valence electrons. The second kappa shape index (κ2) is 2.86. The van der Waals surface area contributed by atoms with Crippen LogP contribution in [0.4, 0.5) is 0 Å². The first-order valence-corrected chi connectivity index (χ1v) is 3.86. The van der Waals surface area contributed by atoms with Gasteiger partial charge in [0.05, 0.1) is 26.4 Å². The zero-order chi connectivity index (χ0) is 6.81. The van der Waals surface area contributed by atoms with E-state index in [-0.39, 0.29) is 0 Å². The molecule has 0 spiro atoms. The molecule has 2 heterocycles. The Bertz CT molecular complexity index is 106. The summed E-state index contributed by atoms with van der Waals surface area (Å²) in [6.45, 7) is 4.45. The van der Waals surface area contributed by atoms with Crippen molar-refractivity contribution in [3.05, 3.63) is 0 Å². The molecule has 2 atom stereocenters. The standard InChI is InChI=1S/C7H13NO2/c1-2-9-3-6-4-10-5-7(6)8-1/h6-8H,1-5H2. The number of fused-ring (bicyclic) bond motifs is 1. The van der Waals surface area contributed by atoms with Gasteiger partial charge >= 0.3 is 0 Å². The van der Waals surface area contributed by atoms with E-state index in [2.05, 4.69) is 5.32 Å². The predicted octanol–water partition coefficient (Wildman–Crippen LogP) is -0.379. The molecule has 0 aromatic rings. The smallest absolute Gasteiger partial charge is 0.0624 e. The van der Waals surface area contributed by atoms with E-state index in [1.807, 2.05) is 0 Å². The van der Waals surface area contributed by atoms with Crippen molar-refractivity contribution in [2.75, 3.05) is 33.0 Å². The number of rotatable bonds is 0. The highest BCUT2D eigenvalue weighted by atomic mass is 16.5. The topological polar surface area (TPSA) is 30.5 Å². The van der Waals surface area contributed by atoms with Crippen LogP contribution in [-0.4, -0.2) is 39.0 Å². The quantitative estimate of drug-likeness (QED) is 0.501. The first-order chi connectivity index (χ1) is 4.97. The fourth-order valence-corrected chi connectivity index (χ4v) is 1.54. The van der Waals surface area contributed by atoms with Crippen molar-refractivity contribution in [1.29, 1.82) is 0 Å². The van der Waals surface area contributed by atoms with Crippen molar-refractivity contribution in [2.24, 2.45) is 5.92 Å². The van der Waals surface area contributed by atoms with Crippen LogP contribution in [0.25, 0.3) is 0 Å². The van der Waals surface area contributed by atoms with Gasteiger partial charge in [-0.1, -0.05) is 0 Å². The molecule has 0 aromatic carbocycles. The van der Waals surface area contributed by atoms with Crippen molar-refractivity contribution < 1.29 is 9.47 Å². The Kier molecular flexibility index (Phi) is 1.88. The molecule has 0 radical (unpaired) electrons. The van der Waals surface area contributed by atoms with Crippen LogP contribution in [0.2, 0.25) is 0 Å². The Morgan fingerprint density at radius 3 is 3.00 bits per heavy atom. The van der Waals surface area contributed by atoms with E-state index in [1.54, 1.807) is 0 Å². The normalized spacial score (nSPS) is 40.8. The first kappa shape index (κ1) is 6.58. The molecular formula is C7H13NO2. The Balaban J connectivity index is 1.95. The van der Waals surface area contributed by atoms with Gasteiger partial charge in [0.2, 0.25) is 0 Å². The third-order valence-corrected chi connectivity index (χ3v) is 2.18. The molecule has 0 aromatic heterocycles. The molecule has 10 heavy (non-hydrogen) atoms. The van der Waals surface area contributed by atoms with E-state index >= 15 is 0 Å². The molecule has 2 aliphatic heterocycles. The summed E-state index contributed by atoms with van der Waals surface area (Å²) in [7, 11) is 0.